The number of nitrogens with two attached hydrogens (primary N) is 1. The van der Waals surface area contributed by atoms with Crippen molar-refractivity contribution in [1.29, 1.82) is 0 Å². The van der Waals surface area contributed by atoms with Gasteiger partial charge in [-0.05, 0) is 57.7 Å². The minimum atomic E-state index is -0.354. The van der Waals surface area contributed by atoms with Crippen LogP contribution >= 0.6 is 27.5 Å². The standard InChI is InChI=1S/C15H15BrClFN2O/c1-21-15-5-3-10(6-12(15)16)14(20-19)7-9-2-4-11(18)8-13(9)17/h2-6,8,14,20H,7,19H2,1H3. The molecule has 2 aromatic rings. The number of benzene rings is 2. The molecular weight excluding hydrogens is 359 g/mol. The molecule has 0 saturated carbocycles. The molecular formula is C15H15BrClFN2O. The number of nitrogens with one attached hydrogen (secondary N) is 1. The zero-order valence-electron chi connectivity index (χ0n) is 11.4. The lowest BCUT2D eigenvalue weighted by Crippen LogP contribution is -2.29. The van der Waals surface area contributed by atoms with Gasteiger partial charge in [0.05, 0.1) is 17.6 Å². The molecule has 0 saturated heterocycles. The van der Waals surface area contributed by atoms with Crippen molar-refractivity contribution in [2.75, 3.05) is 7.11 Å². The zero-order chi connectivity index (χ0) is 15.4. The zero-order valence-corrected chi connectivity index (χ0v) is 13.7. The van der Waals surface area contributed by atoms with E-state index in [-0.39, 0.29) is 11.9 Å². The second-order valence-corrected chi connectivity index (χ2v) is 5.81. The highest BCUT2D eigenvalue weighted by atomic mass is 79.9. The van der Waals surface area contributed by atoms with Crippen LogP contribution < -0.4 is 16.0 Å². The average molecular weight is 374 g/mol. The van der Waals surface area contributed by atoms with Gasteiger partial charge in [-0.1, -0.05) is 23.7 Å². The van der Waals surface area contributed by atoms with Crippen molar-refractivity contribution in [3.8, 4) is 5.75 Å². The van der Waals surface area contributed by atoms with E-state index < -0.39 is 0 Å². The van der Waals surface area contributed by atoms with Gasteiger partial charge in [0.1, 0.15) is 11.6 Å². The summed E-state index contributed by atoms with van der Waals surface area (Å²) in [7, 11) is 1.61. The van der Waals surface area contributed by atoms with Crippen LogP contribution in [0.4, 0.5) is 4.39 Å². The fraction of sp³-hybridized carbons (Fsp3) is 0.200. The van der Waals surface area contributed by atoms with Crippen molar-refractivity contribution in [1.82, 2.24) is 5.43 Å². The molecule has 0 aliphatic rings. The first kappa shape index (κ1) is 16.2. The van der Waals surface area contributed by atoms with Crippen LogP contribution in [0.25, 0.3) is 0 Å². The van der Waals surface area contributed by atoms with Gasteiger partial charge in [-0.3, -0.25) is 11.3 Å². The molecule has 3 N–H and O–H groups in total. The third-order valence-electron chi connectivity index (χ3n) is 3.22. The highest BCUT2D eigenvalue weighted by Crippen LogP contribution is 2.30. The molecule has 2 rings (SSSR count). The Bertz CT molecular complexity index is 639. The second kappa shape index (κ2) is 7.22. The molecule has 0 heterocycles. The molecule has 0 aliphatic carbocycles. The van der Waals surface area contributed by atoms with E-state index in [1.54, 1.807) is 13.2 Å². The first-order chi connectivity index (χ1) is 10.0. The van der Waals surface area contributed by atoms with Gasteiger partial charge in [0, 0.05) is 5.02 Å². The molecule has 0 radical (unpaired) electrons. The summed E-state index contributed by atoms with van der Waals surface area (Å²) in [5.41, 5.74) is 4.56. The second-order valence-electron chi connectivity index (χ2n) is 4.55. The van der Waals surface area contributed by atoms with Crippen molar-refractivity contribution in [3.05, 3.63) is 62.8 Å². The number of rotatable bonds is 5. The lowest BCUT2D eigenvalue weighted by atomic mass is 9.99. The first-order valence-corrected chi connectivity index (χ1v) is 7.45. The number of halogens is 3. The van der Waals surface area contributed by atoms with Crippen molar-refractivity contribution >= 4 is 27.5 Å². The van der Waals surface area contributed by atoms with E-state index >= 15 is 0 Å². The van der Waals surface area contributed by atoms with Gasteiger partial charge in [-0.25, -0.2) is 4.39 Å². The number of hydrogen-bond donors (Lipinski definition) is 2. The van der Waals surface area contributed by atoms with Gasteiger partial charge in [0.25, 0.3) is 0 Å². The van der Waals surface area contributed by atoms with E-state index in [1.807, 2.05) is 18.2 Å². The largest absolute Gasteiger partial charge is 0.496 e. The van der Waals surface area contributed by atoms with Gasteiger partial charge in [0.2, 0.25) is 0 Å². The first-order valence-electron chi connectivity index (χ1n) is 6.28. The van der Waals surface area contributed by atoms with Crippen LogP contribution in [0.3, 0.4) is 0 Å². The van der Waals surface area contributed by atoms with Gasteiger partial charge in [-0.15, -0.1) is 0 Å². The fourth-order valence-corrected chi connectivity index (χ4v) is 2.88. The minimum Gasteiger partial charge on any atom is -0.496 e. The van der Waals surface area contributed by atoms with Gasteiger partial charge in [-0.2, -0.15) is 0 Å². The Labute approximate surface area is 136 Å². The molecule has 0 amide bonds. The molecule has 0 fully saturated rings. The summed E-state index contributed by atoms with van der Waals surface area (Å²) in [5.74, 6) is 6.03. The van der Waals surface area contributed by atoms with Crippen LogP contribution in [0, 0.1) is 5.82 Å². The maximum absolute atomic E-state index is 13.1. The van der Waals surface area contributed by atoms with E-state index in [0.29, 0.717) is 11.4 Å². The monoisotopic (exact) mass is 372 g/mol. The molecule has 1 unspecified atom stereocenters. The Hall–Kier alpha value is -1.14. The molecule has 21 heavy (non-hydrogen) atoms. The molecule has 3 nitrogen and oxygen atoms in total. The van der Waals surface area contributed by atoms with Crippen LogP contribution in [-0.4, -0.2) is 7.11 Å². The molecule has 0 spiro atoms. The van der Waals surface area contributed by atoms with E-state index in [9.17, 15) is 4.39 Å². The van der Waals surface area contributed by atoms with E-state index in [4.69, 9.17) is 22.2 Å². The summed E-state index contributed by atoms with van der Waals surface area (Å²) in [4.78, 5) is 0. The highest BCUT2D eigenvalue weighted by molar-refractivity contribution is 9.10. The summed E-state index contributed by atoms with van der Waals surface area (Å²) in [6.07, 6.45) is 0.550. The van der Waals surface area contributed by atoms with E-state index in [1.165, 1.54) is 12.1 Å². The van der Waals surface area contributed by atoms with Crippen molar-refractivity contribution in [2.24, 2.45) is 5.84 Å². The van der Waals surface area contributed by atoms with E-state index in [0.717, 1.165) is 21.3 Å². The summed E-state index contributed by atoms with van der Waals surface area (Å²) < 4.78 is 19.1. The van der Waals surface area contributed by atoms with Crippen LogP contribution in [0.5, 0.6) is 5.75 Å². The lowest BCUT2D eigenvalue weighted by molar-refractivity contribution is 0.411. The van der Waals surface area contributed by atoms with Crippen LogP contribution in [-0.2, 0) is 6.42 Å². The topological polar surface area (TPSA) is 47.3 Å². The summed E-state index contributed by atoms with van der Waals surface area (Å²) in [6.45, 7) is 0. The minimum absolute atomic E-state index is 0.143. The molecule has 6 heteroatoms. The Morgan fingerprint density at radius 2 is 2.10 bits per heavy atom. The molecule has 0 aliphatic heterocycles. The number of ether oxygens (including phenoxy) is 1. The number of hydrogen-bond acceptors (Lipinski definition) is 3. The summed E-state index contributed by atoms with van der Waals surface area (Å²) in [5, 5.41) is 0.392. The number of hydrazine groups is 1. The molecule has 0 aromatic heterocycles. The molecule has 112 valence electrons. The Morgan fingerprint density at radius 1 is 1.33 bits per heavy atom. The van der Waals surface area contributed by atoms with E-state index in [2.05, 4.69) is 21.4 Å². The SMILES string of the molecule is COc1ccc(C(Cc2ccc(F)cc2Cl)NN)cc1Br. The third-order valence-corrected chi connectivity index (χ3v) is 4.19. The highest BCUT2D eigenvalue weighted by Gasteiger charge is 2.14. The predicted molar refractivity (Wildman–Crippen MR) is 85.9 cm³/mol. The van der Waals surface area contributed by atoms with Gasteiger partial charge in [0.15, 0.2) is 0 Å². The van der Waals surface area contributed by atoms with Crippen LogP contribution in [0.1, 0.15) is 17.2 Å². The molecule has 2 aromatic carbocycles. The molecule has 0 bridgehead atoms. The quantitative estimate of drug-likeness (QED) is 0.615. The van der Waals surface area contributed by atoms with Crippen molar-refractivity contribution in [2.45, 2.75) is 12.5 Å². The van der Waals surface area contributed by atoms with Crippen LogP contribution in [0.2, 0.25) is 5.02 Å². The van der Waals surface area contributed by atoms with Gasteiger partial charge < -0.3 is 4.74 Å². The maximum atomic E-state index is 13.1. The fourth-order valence-electron chi connectivity index (χ4n) is 2.08. The van der Waals surface area contributed by atoms with Crippen LogP contribution in [0.15, 0.2) is 40.9 Å². The van der Waals surface area contributed by atoms with Gasteiger partial charge >= 0.3 is 0 Å². The summed E-state index contributed by atoms with van der Waals surface area (Å²) >= 11 is 9.50. The maximum Gasteiger partial charge on any atom is 0.133 e. The van der Waals surface area contributed by atoms with Crippen molar-refractivity contribution < 1.29 is 9.13 Å². The predicted octanol–water partition coefficient (Wildman–Crippen LogP) is 4.00. The van der Waals surface area contributed by atoms with Crippen molar-refractivity contribution in [3.63, 3.8) is 0 Å². The molecule has 1 atom stereocenters. The normalized spacial score (nSPS) is 12.2. The average Bonchev–Trinajstić information content (AvgIpc) is 2.46. The third kappa shape index (κ3) is 3.95. The Balaban J connectivity index is 2.25. The lowest BCUT2D eigenvalue weighted by Gasteiger charge is -2.18. The summed E-state index contributed by atoms with van der Waals surface area (Å²) in [6, 6.07) is 9.92. The Morgan fingerprint density at radius 3 is 2.67 bits per heavy atom. The Kier molecular flexibility index (Phi) is 5.58. The smallest absolute Gasteiger partial charge is 0.133 e. The number of methoxy groups -OCH3 is 1.